The van der Waals surface area contributed by atoms with E-state index in [2.05, 4.69) is 0 Å². The van der Waals surface area contributed by atoms with Crippen LogP contribution in [0.5, 0.6) is 5.75 Å². The van der Waals surface area contributed by atoms with E-state index in [9.17, 15) is 14.4 Å². The number of aromatic amines is 1. The van der Waals surface area contributed by atoms with Gasteiger partial charge in [-0.05, 0) is 19.1 Å². The Kier molecular flexibility index (Phi) is 4.59. The van der Waals surface area contributed by atoms with Gasteiger partial charge in [0.25, 0.3) is 5.56 Å². The number of hydrogen-bond donors (Lipinski definition) is 1. The Balaban J connectivity index is 2.33. The van der Waals surface area contributed by atoms with Crippen molar-refractivity contribution in [2.45, 2.75) is 13.5 Å². The Bertz CT molecular complexity index is 779. The van der Waals surface area contributed by atoms with Crippen LogP contribution in [0, 0.1) is 0 Å². The minimum absolute atomic E-state index is 0.152. The van der Waals surface area contributed by atoms with E-state index in [1.165, 1.54) is 0 Å². The first-order valence-corrected chi connectivity index (χ1v) is 6.65. The largest absolute Gasteiger partial charge is 0.493 e. The molecule has 0 amide bonds. The summed E-state index contributed by atoms with van der Waals surface area (Å²) in [6, 6.07) is 6.76. The van der Waals surface area contributed by atoms with Crippen LogP contribution in [0.3, 0.4) is 0 Å². The van der Waals surface area contributed by atoms with Gasteiger partial charge in [-0.2, -0.15) is 0 Å². The molecule has 1 aromatic heterocycles. The number of nitrogens with zero attached hydrogens (tertiary/aromatic N) is 1. The van der Waals surface area contributed by atoms with Crippen LogP contribution in [0.1, 0.15) is 17.3 Å². The summed E-state index contributed by atoms with van der Waals surface area (Å²) < 4.78 is 6.43. The van der Waals surface area contributed by atoms with E-state index in [0.29, 0.717) is 17.9 Å². The van der Waals surface area contributed by atoms with Crippen molar-refractivity contribution in [1.82, 2.24) is 9.55 Å². The molecular formula is C14H13ClN2O4. The van der Waals surface area contributed by atoms with E-state index in [1.54, 1.807) is 24.3 Å². The van der Waals surface area contributed by atoms with E-state index in [0.717, 1.165) is 10.8 Å². The Morgan fingerprint density at radius 2 is 2.05 bits per heavy atom. The third-order valence-corrected chi connectivity index (χ3v) is 3.04. The molecule has 1 N–H and O–H groups in total. The number of carbonyl (C=O) groups excluding carboxylic acids is 1. The average Bonchev–Trinajstić information content (AvgIpc) is 2.45. The minimum Gasteiger partial charge on any atom is -0.493 e. The van der Waals surface area contributed by atoms with E-state index in [4.69, 9.17) is 16.3 Å². The molecule has 7 heteroatoms. The lowest BCUT2D eigenvalue weighted by molar-refractivity contribution is 0.0966. The first kappa shape index (κ1) is 15.1. The molecule has 2 aromatic rings. The number of carbonyl (C=O) groups is 1. The van der Waals surface area contributed by atoms with Gasteiger partial charge in [0.15, 0.2) is 5.78 Å². The lowest BCUT2D eigenvalue weighted by atomic mass is 10.1. The second-order valence-corrected chi connectivity index (χ2v) is 4.62. The van der Waals surface area contributed by atoms with Crippen LogP contribution in [-0.2, 0) is 6.54 Å². The van der Waals surface area contributed by atoms with Crippen LogP contribution in [0.4, 0.5) is 0 Å². The fourth-order valence-electron chi connectivity index (χ4n) is 1.82. The zero-order chi connectivity index (χ0) is 15.4. The lowest BCUT2D eigenvalue weighted by Gasteiger charge is -2.10. The first-order valence-electron chi connectivity index (χ1n) is 6.27. The van der Waals surface area contributed by atoms with Gasteiger partial charge in [0.05, 0.1) is 18.7 Å². The van der Waals surface area contributed by atoms with Crippen LogP contribution in [0.15, 0.2) is 40.1 Å². The zero-order valence-electron chi connectivity index (χ0n) is 11.3. The van der Waals surface area contributed by atoms with E-state index in [1.807, 2.05) is 11.9 Å². The molecule has 0 atom stereocenters. The van der Waals surface area contributed by atoms with Crippen LogP contribution in [0.2, 0.25) is 5.02 Å². The van der Waals surface area contributed by atoms with Gasteiger partial charge in [0.2, 0.25) is 0 Å². The maximum atomic E-state index is 12.3. The SMILES string of the molecule is CCOc1ccccc1C(=O)Cn1cc(Cl)c(=O)[nH]c1=O. The Morgan fingerprint density at radius 1 is 1.33 bits per heavy atom. The molecule has 2 rings (SSSR count). The molecule has 0 unspecified atom stereocenters. The summed E-state index contributed by atoms with van der Waals surface area (Å²) >= 11 is 5.66. The standard InChI is InChI=1S/C14H13ClN2O4/c1-2-21-12-6-4-3-5-9(12)11(18)8-17-7-10(15)13(19)16-14(17)20/h3-7H,2,8H2,1H3,(H,16,19,20). The Morgan fingerprint density at radius 3 is 2.76 bits per heavy atom. The number of halogens is 1. The number of Topliss-reactive ketones (excluding diaryl/α,β-unsaturated/α-hetero) is 1. The molecule has 1 aromatic carbocycles. The monoisotopic (exact) mass is 308 g/mol. The predicted octanol–water partition coefficient (Wildman–Crippen LogP) is 1.47. The number of H-pyrrole nitrogens is 1. The fraction of sp³-hybridized carbons (Fsp3) is 0.214. The lowest BCUT2D eigenvalue weighted by Crippen LogP contribution is -2.31. The van der Waals surface area contributed by atoms with Crippen molar-refractivity contribution < 1.29 is 9.53 Å². The van der Waals surface area contributed by atoms with Gasteiger partial charge in [0, 0.05) is 6.20 Å². The van der Waals surface area contributed by atoms with Crippen molar-refractivity contribution >= 4 is 17.4 Å². The van der Waals surface area contributed by atoms with Crippen molar-refractivity contribution in [3.05, 3.63) is 61.9 Å². The number of benzene rings is 1. The van der Waals surface area contributed by atoms with Crippen LogP contribution >= 0.6 is 11.6 Å². The topological polar surface area (TPSA) is 81.2 Å². The fourth-order valence-corrected chi connectivity index (χ4v) is 1.98. The summed E-state index contributed by atoms with van der Waals surface area (Å²) in [6.07, 6.45) is 1.14. The van der Waals surface area contributed by atoms with Crippen molar-refractivity contribution in [3.8, 4) is 5.75 Å². The molecule has 0 saturated heterocycles. The minimum atomic E-state index is -0.688. The number of para-hydroxylation sites is 1. The van der Waals surface area contributed by atoms with Crippen molar-refractivity contribution in [3.63, 3.8) is 0 Å². The second kappa shape index (κ2) is 6.41. The molecule has 1 heterocycles. The van der Waals surface area contributed by atoms with Crippen LogP contribution < -0.4 is 16.0 Å². The summed E-state index contributed by atoms with van der Waals surface area (Å²) in [6.45, 7) is 2.00. The summed E-state index contributed by atoms with van der Waals surface area (Å²) in [5, 5.41) is -0.152. The van der Waals surface area contributed by atoms with Crippen LogP contribution in [-0.4, -0.2) is 21.9 Å². The third kappa shape index (κ3) is 3.41. The third-order valence-electron chi connectivity index (χ3n) is 2.77. The molecule has 0 aliphatic carbocycles. The molecule has 110 valence electrons. The van der Waals surface area contributed by atoms with Gasteiger partial charge in [-0.15, -0.1) is 0 Å². The molecule has 0 saturated carbocycles. The van der Waals surface area contributed by atoms with Crippen molar-refractivity contribution in [2.24, 2.45) is 0 Å². The summed E-state index contributed by atoms with van der Waals surface area (Å²) in [4.78, 5) is 37.1. The maximum Gasteiger partial charge on any atom is 0.328 e. The molecule has 0 aliphatic rings. The number of ether oxygens (including phenoxy) is 1. The first-order chi connectivity index (χ1) is 10.0. The van der Waals surface area contributed by atoms with Gasteiger partial charge in [0.1, 0.15) is 10.8 Å². The molecule has 6 nitrogen and oxygen atoms in total. The summed E-state index contributed by atoms with van der Waals surface area (Å²) in [5.74, 6) is 0.137. The van der Waals surface area contributed by atoms with E-state index in [-0.39, 0.29) is 17.4 Å². The normalized spacial score (nSPS) is 10.4. The number of aromatic nitrogens is 2. The summed E-state index contributed by atoms with van der Waals surface area (Å²) in [5.41, 5.74) is -1.000. The Hall–Kier alpha value is -2.34. The second-order valence-electron chi connectivity index (χ2n) is 4.22. The molecule has 0 fully saturated rings. The smallest absolute Gasteiger partial charge is 0.328 e. The van der Waals surface area contributed by atoms with E-state index >= 15 is 0 Å². The highest BCUT2D eigenvalue weighted by atomic mass is 35.5. The number of ketones is 1. The highest BCUT2D eigenvalue weighted by Gasteiger charge is 2.14. The highest BCUT2D eigenvalue weighted by molar-refractivity contribution is 6.30. The Labute approximate surface area is 124 Å². The van der Waals surface area contributed by atoms with Crippen molar-refractivity contribution in [1.29, 1.82) is 0 Å². The number of hydrogen-bond acceptors (Lipinski definition) is 4. The quantitative estimate of drug-likeness (QED) is 0.848. The molecule has 0 spiro atoms. The highest BCUT2D eigenvalue weighted by Crippen LogP contribution is 2.18. The molecular weight excluding hydrogens is 296 g/mol. The molecule has 0 bridgehead atoms. The van der Waals surface area contributed by atoms with Crippen LogP contribution in [0.25, 0.3) is 0 Å². The molecule has 0 radical (unpaired) electrons. The zero-order valence-corrected chi connectivity index (χ0v) is 12.0. The van der Waals surface area contributed by atoms with Crippen molar-refractivity contribution in [2.75, 3.05) is 6.61 Å². The molecule has 21 heavy (non-hydrogen) atoms. The molecule has 0 aliphatic heterocycles. The van der Waals surface area contributed by atoms with Gasteiger partial charge in [-0.25, -0.2) is 4.79 Å². The predicted molar refractivity (Wildman–Crippen MR) is 78.3 cm³/mol. The van der Waals surface area contributed by atoms with Gasteiger partial charge >= 0.3 is 5.69 Å². The van der Waals surface area contributed by atoms with Gasteiger partial charge in [-0.3, -0.25) is 19.1 Å². The number of nitrogens with one attached hydrogen (secondary N) is 1. The average molecular weight is 309 g/mol. The van der Waals surface area contributed by atoms with Gasteiger partial charge in [-0.1, -0.05) is 23.7 Å². The maximum absolute atomic E-state index is 12.3. The summed E-state index contributed by atoms with van der Waals surface area (Å²) in [7, 11) is 0. The van der Waals surface area contributed by atoms with Gasteiger partial charge < -0.3 is 4.74 Å². The van der Waals surface area contributed by atoms with E-state index < -0.39 is 11.2 Å². The number of rotatable bonds is 5.